The molecule has 0 aromatic heterocycles. The zero-order valence-electron chi connectivity index (χ0n) is 13.3. The fourth-order valence-corrected chi connectivity index (χ4v) is 3.51. The van der Waals surface area contributed by atoms with Gasteiger partial charge in [0.1, 0.15) is 5.82 Å². The molecule has 2 aromatic carbocycles. The molecule has 2 aromatic rings. The van der Waals surface area contributed by atoms with Gasteiger partial charge in [0.05, 0.1) is 0 Å². The summed E-state index contributed by atoms with van der Waals surface area (Å²) in [5, 5.41) is 0. The first-order valence-corrected chi connectivity index (χ1v) is 8.38. The van der Waals surface area contributed by atoms with Gasteiger partial charge in [0.2, 0.25) is 0 Å². The van der Waals surface area contributed by atoms with Crippen molar-refractivity contribution in [1.82, 2.24) is 4.90 Å². The number of halogens is 1. The molecule has 2 heteroatoms. The number of hydrogen-bond acceptors (Lipinski definition) is 1. The first-order chi connectivity index (χ1) is 10.8. The molecule has 1 saturated heterocycles. The topological polar surface area (TPSA) is 3.24 Å². The average Bonchev–Trinajstić information content (AvgIpc) is 2.56. The molecule has 0 bridgehead atoms. The Labute approximate surface area is 132 Å². The van der Waals surface area contributed by atoms with Crippen molar-refractivity contribution in [3.05, 3.63) is 59.9 Å². The molecule has 1 fully saturated rings. The summed E-state index contributed by atoms with van der Waals surface area (Å²) in [6, 6.07) is 16.0. The van der Waals surface area contributed by atoms with Crippen molar-refractivity contribution in [2.75, 3.05) is 13.1 Å². The number of rotatable bonds is 4. The fraction of sp³-hybridized carbons (Fsp3) is 0.400. The molecule has 116 valence electrons. The van der Waals surface area contributed by atoms with E-state index in [2.05, 4.69) is 17.9 Å². The maximum absolute atomic E-state index is 14.6. The minimum atomic E-state index is -0.106. The standard InChI is InChI=1S/C20H24FN/c1-2-13-22-14-7-6-10-20(22)17-11-12-18(19(21)15-17)16-8-4-3-5-9-16/h3-5,8-9,11-12,15,20H,2,6-7,10,13-14H2,1H3. The van der Waals surface area contributed by atoms with Gasteiger partial charge in [0.15, 0.2) is 0 Å². The summed E-state index contributed by atoms with van der Waals surface area (Å²) in [4.78, 5) is 2.51. The number of piperidine rings is 1. The molecule has 0 radical (unpaired) electrons. The van der Waals surface area contributed by atoms with Gasteiger partial charge in [-0.25, -0.2) is 4.39 Å². The van der Waals surface area contributed by atoms with Gasteiger partial charge in [-0.3, -0.25) is 4.90 Å². The normalized spacial score (nSPS) is 19.3. The van der Waals surface area contributed by atoms with E-state index in [4.69, 9.17) is 0 Å². The molecule has 1 heterocycles. The third-order valence-electron chi connectivity index (χ3n) is 4.59. The van der Waals surface area contributed by atoms with Crippen molar-refractivity contribution in [3.63, 3.8) is 0 Å². The van der Waals surface area contributed by atoms with Crippen LogP contribution in [-0.4, -0.2) is 18.0 Å². The third kappa shape index (κ3) is 3.22. The van der Waals surface area contributed by atoms with Crippen LogP contribution in [0.2, 0.25) is 0 Å². The Morgan fingerprint density at radius 1 is 1.09 bits per heavy atom. The minimum Gasteiger partial charge on any atom is -0.296 e. The van der Waals surface area contributed by atoms with Crippen LogP contribution in [0.25, 0.3) is 11.1 Å². The Balaban J connectivity index is 1.88. The lowest BCUT2D eigenvalue weighted by atomic mass is 9.93. The highest BCUT2D eigenvalue weighted by atomic mass is 19.1. The number of benzene rings is 2. The predicted molar refractivity (Wildman–Crippen MR) is 90.3 cm³/mol. The highest BCUT2D eigenvalue weighted by Crippen LogP contribution is 2.33. The molecule has 0 aliphatic carbocycles. The molecular weight excluding hydrogens is 273 g/mol. The quantitative estimate of drug-likeness (QED) is 0.727. The molecule has 1 aliphatic heterocycles. The molecule has 0 N–H and O–H groups in total. The van der Waals surface area contributed by atoms with Gasteiger partial charge in [-0.15, -0.1) is 0 Å². The summed E-state index contributed by atoms with van der Waals surface area (Å²) in [6.45, 7) is 4.46. The van der Waals surface area contributed by atoms with E-state index in [0.29, 0.717) is 11.6 Å². The first-order valence-electron chi connectivity index (χ1n) is 8.38. The van der Waals surface area contributed by atoms with Crippen molar-refractivity contribution >= 4 is 0 Å². The first kappa shape index (κ1) is 15.2. The zero-order valence-corrected chi connectivity index (χ0v) is 13.3. The van der Waals surface area contributed by atoms with Gasteiger partial charge in [-0.1, -0.05) is 55.8 Å². The summed E-state index contributed by atoms with van der Waals surface area (Å²) in [7, 11) is 0. The van der Waals surface area contributed by atoms with E-state index in [0.717, 1.165) is 37.1 Å². The van der Waals surface area contributed by atoms with Crippen molar-refractivity contribution < 1.29 is 4.39 Å². The SMILES string of the molecule is CCCN1CCCCC1c1ccc(-c2ccccc2)c(F)c1. The van der Waals surface area contributed by atoms with E-state index in [9.17, 15) is 4.39 Å². The molecule has 1 nitrogen and oxygen atoms in total. The van der Waals surface area contributed by atoms with Crippen molar-refractivity contribution in [2.24, 2.45) is 0 Å². The summed E-state index contributed by atoms with van der Waals surface area (Å²) in [6.07, 6.45) is 4.80. The summed E-state index contributed by atoms with van der Waals surface area (Å²) in [5.74, 6) is -0.106. The molecule has 1 atom stereocenters. The van der Waals surface area contributed by atoms with Crippen LogP contribution in [0.15, 0.2) is 48.5 Å². The molecule has 3 rings (SSSR count). The average molecular weight is 297 g/mol. The molecule has 22 heavy (non-hydrogen) atoms. The number of likely N-dealkylation sites (tertiary alicyclic amines) is 1. The Morgan fingerprint density at radius 2 is 1.91 bits per heavy atom. The van der Waals surface area contributed by atoms with Crippen LogP contribution in [0, 0.1) is 5.82 Å². The molecule has 0 amide bonds. The molecule has 0 saturated carbocycles. The van der Waals surface area contributed by atoms with E-state index in [1.807, 2.05) is 36.4 Å². The van der Waals surface area contributed by atoms with Gasteiger partial charge in [0, 0.05) is 11.6 Å². The van der Waals surface area contributed by atoms with E-state index in [-0.39, 0.29) is 5.82 Å². The van der Waals surface area contributed by atoms with Crippen LogP contribution < -0.4 is 0 Å². The Bertz CT molecular complexity index is 606. The molecule has 0 spiro atoms. The second-order valence-electron chi connectivity index (χ2n) is 6.15. The summed E-state index contributed by atoms with van der Waals surface area (Å²) >= 11 is 0. The smallest absolute Gasteiger partial charge is 0.131 e. The Kier molecular flexibility index (Phi) is 4.89. The van der Waals surface area contributed by atoms with Gasteiger partial charge in [0.25, 0.3) is 0 Å². The predicted octanol–water partition coefficient (Wildman–Crippen LogP) is 5.43. The second-order valence-corrected chi connectivity index (χ2v) is 6.15. The maximum Gasteiger partial charge on any atom is 0.131 e. The van der Waals surface area contributed by atoms with Gasteiger partial charge < -0.3 is 0 Å². The van der Waals surface area contributed by atoms with Crippen LogP contribution in [-0.2, 0) is 0 Å². The molecule has 1 unspecified atom stereocenters. The number of hydrogen-bond donors (Lipinski definition) is 0. The third-order valence-corrected chi connectivity index (χ3v) is 4.59. The minimum absolute atomic E-state index is 0.106. The molecular formula is C20H24FN. The fourth-order valence-electron chi connectivity index (χ4n) is 3.51. The molecule has 1 aliphatic rings. The lowest BCUT2D eigenvalue weighted by Gasteiger charge is -2.36. The van der Waals surface area contributed by atoms with Gasteiger partial charge in [-0.05, 0) is 49.5 Å². The lowest BCUT2D eigenvalue weighted by Crippen LogP contribution is -2.34. The van der Waals surface area contributed by atoms with Crippen molar-refractivity contribution in [1.29, 1.82) is 0 Å². The van der Waals surface area contributed by atoms with E-state index in [1.165, 1.54) is 12.8 Å². The highest BCUT2D eigenvalue weighted by Gasteiger charge is 2.23. The highest BCUT2D eigenvalue weighted by molar-refractivity contribution is 5.64. The van der Waals surface area contributed by atoms with Crippen molar-refractivity contribution in [2.45, 2.75) is 38.6 Å². The summed E-state index contributed by atoms with van der Waals surface area (Å²) < 4.78 is 14.6. The van der Waals surface area contributed by atoms with Gasteiger partial charge >= 0.3 is 0 Å². The van der Waals surface area contributed by atoms with Crippen LogP contribution in [0.4, 0.5) is 4.39 Å². The number of nitrogens with zero attached hydrogens (tertiary/aromatic N) is 1. The van der Waals surface area contributed by atoms with Crippen molar-refractivity contribution in [3.8, 4) is 11.1 Å². The Hall–Kier alpha value is -1.67. The van der Waals surface area contributed by atoms with Crippen LogP contribution in [0.5, 0.6) is 0 Å². The second kappa shape index (κ2) is 7.06. The van der Waals surface area contributed by atoms with E-state index >= 15 is 0 Å². The summed E-state index contributed by atoms with van der Waals surface area (Å²) in [5.41, 5.74) is 2.77. The van der Waals surface area contributed by atoms with Crippen LogP contribution in [0.1, 0.15) is 44.2 Å². The van der Waals surface area contributed by atoms with Crippen LogP contribution >= 0.6 is 0 Å². The Morgan fingerprint density at radius 3 is 2.64 bits per heavy atom. The maximum atomic E-state index is 14.6. The largest absolute Gasteiger partial charge is 0.296 e. The zero-order chi connectivity index (χ0) is 15.4. The van der Waals surface area contributed by atoms with E-state index in [1.54, 1.807) is 6.07 Å². The van der Waals surface area contributed by atoms with Gasteiger partial charge in [-0.2, -0.15) is 0 Å². The van der Waals surface area contributed by atoms with E-state index < -0.39 is 0 Å². The monoisotopic (exact) mass is 297 g/mol. The van der Waals surface area contributed by atoms with Crippen LogP contribution in [0.3, 0.4) is 0 Å². The lowest BCUT2D eigenvalue weighted by molar-refractivity contribution is 0.149.